The van der Waals surface area contributed by atoms with Crippen LogP contribution in [0.4, 0.5) is 0 Å². The predicted molar refractivity (Wildman–Crippen MR) is 104 cm³/mol. The Morgan fingerprint density at radius 3 is 2.44 bits per heavy atom. The first-order chi connectivity index (χ1) is 13.0. The predicted octanol–water partition coefficient (Wildman–Crippen LogP) is 3.94. The number of rotatable bonds is 11. The van der Waals surface area contributed by atoms with Crippen molar-refractivity contribution < 1.29 is 19.1 Å². The van der Waals surface area contributed by atoms with E-state index in [2.05, 4.69) is 12.2 Å². The third-order valence-electron chi connectivity index (χ3n) is 4.52. The topological polar surface area (TPSA) is 96.6 Å². The van der Waals surface area contributed by atoms with Gasteiger partial charge in [0.2, 0.25) is 5.91 Å². The molecule has 0 atom stereocenters. The van der Waals surface area contributed by atoms with Gasteiger partial charge in [0.15, 0.2) is 5.78 Å². The zero-order valence-corrected chi connectivity index (χ0v) is 15.8. The molecular formula is C21H27NO5. The van der Waals surface area contributed by atoms with Crippen molar-refractivity contribution in [3.05, 3.63) is 40.2 Å². The smallest absolute Gasteiger partial charge is 0.351 e. The lowest BCUT2D eigenvalue weighted by atomic mass is 10.1. The van der Waals surface area contributed by atoms with Crippen LogP contribution in [-0.4, -0.2) is 23.3 Å². The Balaban J connectivity index is 1.83. The third-order valence-corrected chi connectivity index (χ3v) is 4.52. The number of hydrogen-bond acceptors (Lipinski definition) is 5. The highest BCUT2D eigenvalue weighted by Gasteiger charge is 2.21. The SMILES string of the molecule is CCCCCCCCCC(=O)NCC(=O)c1c(O)c2ccccc2oc1=O. The first-order valence-electron chi connectivity index (χ1n) is 9.59. The van der Waals surface area contributed by atoms with Crippen LogP contribution in [0.5, 0.6) is 5.75 Å². The van der Waals surface area contributed by atoms with Crippen molar-refractivity contribution in [3.63, 3.8) is 0 Å². The summed E-state index contributed by atoms with van der Waals surface area (Å²) in [6.07, 6.45) is 8.09. The van der Waals surface area contributed by atoms with Crippen LogP contribution in [0, 0.1) is 0 Å². The molecule has 1 amide bonds. The Labute approximate surface area is 158 Å². The van der Waals surface area contributed by atoms with Crippen molar-refractivity contribution in [2.24, 2.45) is 0 Å². The molecule has 0 saturated heterocycles. The zero-order chi connectivity index (χ0) is 19.6. The van der Waals surface area contributed by atoms with Crippen LogP contribution in [0.25, 0.3) is 11.0 Å². The minimum Gasteiger partial charge on any atom is -0.506 e. The van der Waals surface area contributed by atoms with E-state index in [1.165, 1.54) is 31.7 Å². The normalized spacial score (nSPS) is 10.9. The zero-order valence-electron chi connectivity index (χ0n) is 15.8. The molecule has 146 valence electrons. The summed E-state index contributed by atoms with van der Waals surface area (Å²) in [6.45, 7) is 1.83. The van der Waals surface area contributed by atoms with Gasteiger partial charge >= 0.3 is 5.63 Å². The number of nitrogens with one attached hydrogen (secondary N) is 1. The molecule has 1 aromatic carbocycles. The Bertz CT molecular complexity index is 840. The van der Waals surface area contributed by atoms with E-state index in [0.29, 0.717) is 6.42 Å². The van der Waals surface area contributed by atoms with Gasteiger partial charge in [-0.1, -0.05) is 57.6 Å². The Morgan fingerprint density at radius 2 is 1.70 bits per heavy atom. The van der Waals surface area contributed by atoms with Crippen molar-refractivity contribution in [2.75, 3.05) is 6.54 Å². The molecule has 6 heteroatoms. The number of hydrogen-bond donors (Lipinski definition) is 2. The quantitative estimate of drug-likeness (QED) is 0.353. The molecule has 0 radical (unpaired) electrons. The highest BCUT2D eigenvalue weighted by atomic mass is 16.4. The highest BCUT2D eigenvalue weighted by Crippen LogP contribution is 2.26. The van der Waals surface area contributed by atoms with Gasteiger partial charge in [-0.3, -0.25) is 9.59 Å². The number of Topliss-reactive ketones (excluding diaryl/α,β-unsaturated/α-hetero) is 1. The van der Waals surface area contributed by atoms with Crippen LogP contribution < -0.4 is 10.9 Å². The first kappa shape index (κ1) is 20.7. The number of aromatic hydroxyl groups is 1. The van der Waals surface area contributed by atoms with E-state index >= 15 is 0 Å². The number of amides is 1. The third kappa shape index (κ3) is 5.94. The number of fused-ring (bicyclic) bond motifs is 1. The summed E-state index contributed by atoms with van der Waals surface area (Å²) in [5.74, 6) is -1.31. The number of para-hydroxylation sites is 1. The summed E-state index contributed by atoms with van der Waals surface area (Å²) in [5.41, 5.74) is -1.12. The molecule has 0 spiro atoms. The van der Waals surface area contributed by atoms with Gasteiger partial charge in [-0.05, 0) is 18.6 Å². The average Bonchev–Trinajstić information content (AvgIpc) is 2.65. The maximum atomic E-state index is 12.3. The number of carbonyl (C=O) groups excluding carboxylic acids is 2. The van der Waals surface area contributed by atoms with Crippen LogP contribution in [0.1, 0.15) is 68.6 Å². The lowest BCUT2D eigenvalue weighted by Gasteiger charge is -2.07. The number of carbonyl (C=O) groups is 2. The fourth-order valence-electron chi connectivity index (χ4n) is 2.98. The second kappa shape index (κ2) is 10.5. The first-order valence-corrected chi connectivity index (χ1v) is 9.59. The molecule has 0 aliphatic heterocycles. The summed E-state index contributed by atoms with van der Waals surface area (Å²) in [4.78, 5) is 36.1. The van der Waals surface area contributed by atoms with Gasteiger partial charge < -0.3 is 14.8 Å². The molecular weight excluding hydrogens is 346 g/mol. The lowest BCUT2D eigenvalue weighted by molar-refractivity contribution is -0.121. The Morgan fingerprint density at radius 1 is 1.04 bits per heavy atom. The molecule has 6 nitrogen and oxygen atoms in total. The molecule has 0 bridgehead atoms. The molecule has 0 aliphatic rings. The Hall–Kier alpha value is -2.63. The lowest BCUT2D eigenvalue weighted by Crippen LogP contribution is -2.31. The van der Waals surface area contributed by atoms with Gasteiger partial charge in [0, 0.05) is 6.42 Å². The largest absolute Gasteiger partial charge is 0.506 e. The van der Waals surface area contributed by atoms with E-state index in [1.54, 1.807) is 18.2 Å². The van der Waals surface area contributed by atoms with Crippen LogP contribution >= 0.6 is 0 Å². The fraction of sp³-hybridized carbons (Fsp3) is 0.476. The molecule has 1 heterocycles. The minimum absolute atomic E-state index is 0.208. The number of benzene rings is 1. The molecule has 2 aromatic rings. The van der Waals surface area contributed by atoms with Gasteiger partial charge in [-0.2, -0.15) is 0 Å². The van der Waals surface area contributed by atoms with E-state index in [-0.39, 0.29) is 23.4 Å². The summed E-state index contributed by atoms with van der Waals surface area (Å²) >= 11 is 0. The van der Waals surface area contributed by atoms with Crippen molar-refractivity contribution >= 4 is 22.7 Å². The standard InChI is InChI=1S/C21H27NO5/c1-2-3-4-5-6-7-8-13-18(24)22-14-16(23)19-20(25)15-11-9-10-12-17(15)27-21(19)26/h9-12,25H,2-8,13-14H2,1H3,(H,22,24). The monoisotopic (exact) mass is 373 g/mol. The van der Waals surface area contributed by atoms with Gasteiger partial charge in [0.25, 0.3) is 0 Å². The van der Waals surface area contributed by atoms with Crippen LogP contribution in [0.3, 0.4) is 0 Å². The molecule has 1 aromatic heterocycles. The van der Waals surface area contributed by atoms with Gasteiger partial charge in [0.05, 0.1) is 11.9 Å². The molecule has 2 N–H and O–H groups in total. The molecule has 0 saturated carbocycles. The van der Waals surface area contributed by atoms with Crippen molar-refractivity contribution in [1.82, 2.24) is 5.32 Å². The van der Waals surface area contributed by atoms with Crippen LogP contribution in [-0.2, 0) is 4.79 Å². The van der Waals surface area contributed by atoms with E-state index < -0.39 is 22.7 Å². The molecule has 0 unspecified atom stereocenters. The van der Waals surface area contributed by atoms with E-state index in [1.807, 2.05) is 0 Å². The number of unbranched alkanes of at least 4 members (excludes halogenated alkanes) is 6. The van der Waals surface area contributed by atoms with Crippen LogP contribution in [0.15, 0.2) is 33.5 Å². The Kier molecular flexibility index (Phi) is 8.04. The average molecular weight is 373 g/mol. The summed E-state index contributed by atoms with van der Waals surface area (Å²) in [6, 6.07) is 6.43. The van der Waals surface area contributed by atoms with Gasteiger partial charge in [0.1, 0.15) is 16.9 Å². The highest BCUT2D eigenvalue weighted by molar-refractivity contribution is 6.04. The second-order valence-electron chi connectivity index (χ2n) is 6.68. The maximum Gasteiger partial charge on any atom is 0.351 e. The summed E-state index contributed by atoms with van der Waals surface area (Å²) in [5, 5.41) is 13.0. The van der Waals surface area contributed by atoms with E-state index in [9.17, 15) is 19.5 Å². The van der Waals surface area contributed by atoms with Crippen molar-refractivity contribution in [2.45, 2.75) is 58.3 Å². The molecule has 2 rings (SSSR count). The van der Waals surface area contributed by atoms with Gasteiger partial charge in [-0.25, -0.2) is 4.79 Å². The minimum atomic E-state index is -0.905. The molecule has 27 heavy (non-hydrogen) atoms. The number of ketones is 1. The van der Waals surface area contributed by atoms with Gasteiger partial charge in [-0.15, -0.1) is 0 Å². The van der Waals surface area contributed by atoms with Crippen molar-refractivity contribution in [3.8, 4) is 5.75 Å². The summed E-state index contributed by atoms with van der Waals surface area (Å²) < 4.78 is 5.07. The maximum absolute atomic E-state index is 12.3. The second-order valence-corrected chi connectivity index (χ2v) is 6.68. The molecule has 0 fully saturated rings. The molecule has 0 aliphatic carbocycles. The van der Waals surface area contributed by atoms with E-state index in [4.69, 9.17) is 4.42 Å². The summed E-state index contributed by atoms with van der Waals surface area (Å²) in [7, 11) is 0. The van der Waals surface area contributed by atoms with E-state index in [0.717, 1.165) is 19.3 Å². The fourth-order valence-corrected chi connectivity index (χ4v) is 2.98. The van der Waals surface area contributed by atoms with Crippen LogP contribution in [0.2, 0.25) is 0 Å². The van der Waals surface area contributed by atoms with Crippen molar-refractivity contribution in [1.29, 1.82) is 0 Å².